The maximum Gasteiger partial charge on any atom is 0.231 e. The first-order chi connectivity index (χ1) is 11.5. The zero-order valence-corrected chi connectivity index (χ0v) is 15.4. The molecule has 1 aliphatic rings. The molecule has 0 spiro atoms. The quantitative estimate of drug-likeness (QED) is 0.687. The predicted octanol–water partition coefficient (Wildman–Crippen LogP) is 2.09. The van der Waals surface area contributed by atoms with Gasteiger partial charge in [-0.3, -0.25) is 9.59 Å². The van der Waals surface area contributed by atoms with Crippen LogP contribution in [0.15, 0.2) is 0 Å². The fourth-order valence-electron chi connectivity index (χ4n) is 2.80. The highest BCUT2D eigenvalue weighted by molar-refractivity contribution is 7.15. The van der Waals surface area contributed by atoms with Crippen LogP contribution in [0.25, 0.3) is 0 Å². The average molecular weight is 354 g/mol. The van der Waals surface area contributed by atoms with Crippen molar-refractivity contribution >= 4 is 28.3 Å². The number of hydrogen-bond acceptors (Lipinski definition) is 6. The summed E-state index contributed by atoms with van der Waals surface area (Å²) in [4.78, 5) is 26.2. The summed E-state index contributed by atoms with van der Waals surface area (Å²) in [5.74, 6) is -0.506. The number of carbonyl (C=O) groups excluding carboxylic acids is 2. The van der Waals surface area contributed by atoms with E-state index in [1.54, 1.807) is 12.0 Å². The SMILES string of the molecule is CCCCCc1nnc(NC(=O)[C@H]2CC(=O)N([C@@H](C)COC)C2)s1. The summed E-state index contributed by atoms with van der Waals surface area (Å²) in [6, 6.07) is -0.0213. The van der Waals surface area contributed by atoms with Gasteiger partial charge in [-0.1, -0.05) is 31.1 Å². The van der Waals surface area contributed by atoms with Crippen molar-refractivity contribution in [3.05, 3.63) is 5.01 Å². The number of aryl methyl sites for hydroxylation is 1. The molecule has 7 nitrogen and oxygen atoms in total. The van der Waals surface area contributed by atoms with E-state index in [0.717, 1.165) is 24.3 Å². The minimum Gasteiger partial charge on any atom is -0.383 e. The van der Waals surface area contributed by atoms with E-state index in [9.17, 15) is 9.59 Å². The van der Waals surface area contributed by atoms with Crippen molar-refractivity contribution in [2.24, 2.45) is 5.92 Å². The number of anilines is 1. The summed E-state index contributed by atoms with van der Waals surface area (Å²) in [5.41, 5.74) is 0. The zero-order chi connectivity index (χ0) is 17.5. The van der Waals surface area contributed by atoms with Crippen LogP contribution in [0.5, 0.6) is 0 Å². The van der Waals surface area contributed by atoms with Gasteiger partial charge in [-0.05, 0) is 13.3 Å². The van der Waals surface area contributed by atoms with Gasteiger partial charge >= 0.3 is 0 Å². The second kappa shape index (κ2) is 9.08. The number of unbranched alkanes of at least 4 members (excludes halogenated alkanes) is 2. The highest BCUT2D eigenvalue weighted by Gasteiger charge is 2.36. The molecule has 1 aliphatic heterocycles. The van der Waals surface area contributed by atoms with Crippen molar-refractivity contribution in [2.45, 2.75) is 52.0 Å². The predicted molar refractivity (Wildman–Crippen MR) is 92.9 cm³/mol. The Morgan fingerprint density at radius 2 is 2.25 bits per heavy atom. The van der Waals surface area contributed by atoms with Gasteiger partial charge in [0.25, 0.3) is 0 Å². The van der Waals surface area contributed by atoms with Gasteiger partial charge in [0.15, 0.2) is 0 Å². The van der Waals surface area contributed by atoms with Gasteiger partial charge in [-0.2, -0.15) is 0 Å². The highest BCUT2D eigenvalue weighted by atomic mass is 32.1. The molecule has 0 unspecified atom stereocenters. The van der Waals surface area contributed by atoms with Crippen molar-refractivity contribution in [2.75, 3.05) is 25.6 Å². The van der Waals surface area contributed by atoms with E-state index in [4.69, 9.17) is 4.74 Å². The van der Waals surface area contributed by atoms with Crippen LogP contribution >= 0.6 is 11.3 Å². The van der Waals surface area contributed by atoms with Crippen LogP contribution in [0.2, 0.25) is 0 Å². The largest absolute Gasteiger partial charge is 0.383 e. The maximum atomic E-state index is 12.4. The minimum absolute atomic E-state index is 0.00258. The fourth-order valence-corrected chi connectivity index (χ4v) is 3.59. The Morgan fingerprint density at radius 3 is 2.96 bits per heavy atom. The maximum absolute atomic E-state index is 12.4. The second-order valence-electron chi connectivity index (χ2n) is 6.20. The standard InChI is InChI=1S/C16H26N4O3S/c1-4-5-6-7-13-18-19-16(24-13)17-15(22)12-8-14(21)20(9-12)11(2)10-23-3/h11-12H,4-10H2,1-3H3,(H,17,19,22)/t11-,12-/m0/s1. The number of amides is 2. The van der Waals surface area contributed by atoms with Gasteiger partial charge in [0.1, 0.15) is 5.01 Å². The first-order valence-corrected chi connectivity index (χ1v) is 9.28. The fraction of sp³-hybridized carbons (Fsp3) is 0.750. The van der Waals surface area contributed by atoms with Gasteiger partial charge in [0.05, 0.1) is 18.6 Å². The molecular formula is C16H26N4O3S. The zero-order valence-electron chi connectivity index (χ0n) is 14.6. The molecule has 1 fully saturated rings. The van der Waals surface area contributed by atoms with Gasteiger partial charge < -0.3 is 15.0 Å². The Balaban J connectivity index is 1.85. The summed E-state index contributed by atoms with van der Waals surface area (Å²) in [6.45, 7) is 4.98. The van der Waals surface area contributed by atoms with Gasteiger partial charge in [0.2, 0.25) is 16.9 Å². The summed E-state index contributed by atoms with van der Waals surface area (Å²) in [5, 5.41) is 12.4. The van der Waals surface area contributed by atoms with Crippen LogP contribution < -0.4 is 5.32 Å². The van der Waals surface area contributed by atoms with E-state index in [1.165, 1.54) is 17.8 Å². The Morgan fingerprint density at radius 1 is 1.46 bits per heavy atom. The van der Waals surface area contributed by atoms with Gasteiger partial charge in [-0.15, -0.1) is 10.2 Å². The van der Waals surface area contributed by atoms with Gasteiger partial charge in [0, 0.05) is 26.5 Å². The third-order valence-electron chi connectivity index (χ3n) is 4.16. The third-order valence-corrected chi connectivity index (χ3v) is 5.06. The van der Waals surface area contributed by atoms with E-state index < -0.39 is 0 Å². The Kier molecular flexibility index (Phi) is 7.11. The molecular weight excluding hydrogens is 328 g/mol. The highest BCUT2D eigenvalue weighted by Crippen LogP contribution is 2.23. The molecule has 1 N–H and O–H groups in total. The lowest BCUT2D eigenvalue weighted by Crippen LogP contribution is -2.38. The van der Waals surface area contributed by atoms with E-state index in [1.807, 2.05) is 6.92 Å². The molecule has 2 heterocycles. The van der Waals surface area contributed by atoms with Gasteiger partial charge in [-0.25, -0.2) is 0 Å². The molecule has 2 atom stereocenters. The molecule has 1 aromatic heterocycles. The molecule has 2 amide bonds. The number of nitrogens with zero attached hydrogens (tertiary/aromatic N) is 3. The van der Waals surface area contributed by atoms with E-state index >= 15 is 0 Å². The molecule has 0 saturated carbocycles. The molecule has 1 aromatic rings. The van der Waals surface area contributed by atoms with E-state index in [-0.39, 0.29) is 30.2 Å². The van der Waals surface area contributed by atoms with Crippen molar-refractivity contribution in [1.29, 1.82) is 0 Å². The number of hydrogen-bond donors (Lipinski definition) is 1. The number of methoxy groups -OCH3 is 1. The minimum atomic E-state index is -0.343. The number of aromatic nitrogens is 2. The summed E-state index contributed by atoms with van der Waals surface area (Å²) >= 11 is 1.41. The van der Waals surface area contributed by atoms with Crippen LogP contribution in [0.1, 0.15) is 44.5 Å². The number of ether oxygens (including phenoxy) is 1. The molecule has 0 bridgehead atoms. The summed E-state index contributed by atoms with van der Waals surface area (Å²) in [7, 11) is 1.61. The lowest BCUT2D eigenvalue weighted by Gasteiger charge is -2.23. The first kappa shape index (κ1) is 18.8. The number of carbonyl (C=O) groups is 2. The van der Waals surface area contributed by atoms with E-state index in [0.29, 0.717) is 18.3 Å². The van der Waals surface area contributed by atoms with Crippen LogP contribution in [-0.4, -0.2) is 53.2 Å². The van der Waals surface area contributed by atoms with Crippen LogP contribution in [0, 0.1) is 5.92 Å². The Bertz CT molecular complexity index is 563. The second-order valence-corrected chi connectivity index (χ2v) is 7.26. The number of likely N-dealkylation sites (tertiary alicyclic amines) is 1. The third kappa shape index (κ3) is 4.98. The van der Waals surface area contributed by atoms with Crippen LogP contribution in [0.4, 0.5) is 5.13 Å². The van der Waals surface area contributed by atoms with Crippen LogP contribution in [-0.2, 0) is 20.7 Å². The van der Waals surface area contributed by atoms with Crippen LogP contribution in [0.3, 0.4) is 0 Å². The first-order valence-electron chi connectivity index (χ1n) is 8.46. The molecule has 134 valence electrons. The summed E-state index contributed by atoms with van der Waals surface area (Å²) < 4.78 is 5.09. The number of rotatable bonds is 9. The molecule has 1 saturated heterocycles. The normalized spacial score (nSPS) is 18.9. The molecule has 24 heavy (non-hydrogen) atoms. The van der Waals surface area contributed by atoms with Crippen molar-refractivity contribution < 1.29 is 14.3 Å². The average Bonchev–Trinajstić information content (AvgIpc) is 3.14. The summed E-state index contributed by atoms with van der Waals surface area (Å²) in [6.07, 6.45) is 4.55. The Hall–Kier alpha value is -1.54. The van der Waals surface area contributed by atoms with Crippen molar-refractivity contribution in [3.63, 3.8) is 0 Å². The van der Waals surface area contributed by atoms with Crippen molar-refractivity contribution in [3.8, 4) is 0 Å². The lowest BCUT2D eigenvalue weighted by molar-refractivity contribution is -0.130. The monoisotopic (exact) mass is 354 g/mol. The topological polar surface area (TPSA) is 84.4 Å². The van der Waals surface area contributed by atoms with Crippen molar-refractivity contribution in [1.82, 2.24) is 15.1 Å². The Labute approximate surface area is 146 Å². The molecule has 0 aromatic carbocycles. The molecule has 2 rings (SSSR count). The molecule has 0 radical (unpaired) electrons. The lowest BCUT2D eigenvalue weighted by atomic mass is 10.1. The molecule has 8 heteroatoms. The molecule has 0 aliphatic carbocycles. The van der Waals surface area contributed by atoms with E-state index in [2.05, 4.69) is 22.4 Å². The smallest absolute Gasteiger partial charge is 0.231 e. The number of nitrogens with one attached hydrogen (secondary N) is 1.